The molecule has 0 bridgehead atoms. The average molecular weight is 338 g/mol. The van der Waals surface area contributed by atoms with Crippen LogP contribution in [0.5, 0.6) is 0 Å². The molecule has 0 unspecified atom stereocenters. The van der Waals surface area contributed by atoms with Crippen LogP contribution in [0.15, 0.2) is 36.5 Å². The summed E-state index contributed by atoms with van der Waals surface area (Å²) in [6.45, 7) is 7.61. The Balaban J connectivity index is 1.91. The Bertz CT molecular complexity index is 671. The molecule has 0 aliphatic carbocycles. The van der Waals surface area contributed by atoms with Crippen molar-refractivity contribution >= 4 is 0 Å². The van der Waals surface area contributed by atoms with Gasteiger partial charge < -0.3 is 5.73 Å². The van der Waals surface area contributed by atoms with Crippen LogP contribution in [0.4, 0.5) is 0 Å². The second-order valence-corrected chi connectivity index (χ2v) is 7.21. The van der Waals surface area contributed by atoms with Crippen molar-refractivity contribution in [3.05, 3.63) is 47.8 Å². The number of aromatic nitrogens is 2. The van der Waals surface area contributed by atoms with Gasteiger partial charge in [-0.1, -0.05) is 19.1 Å². The Morgan fingerprint density at radius 1 is 1.16 bits per heavy atom. The lowest BCUT2D eigenvalue weighted by Gasteiger charge is -2.40. The lowest BCUT2D eigenvalue weighted by atomic mass is 9.86. The van der Waals surface area contributed by atoms with Gasteiger partial charge in [-0.25, -0.2) is 4.98 Å². The predicted octanol–water partition coefficient (Wildman–Crippen LogP) is 3.96. The molecule has 3 heterocycles. The summed E-state index contributed by atoms with van der Waals surface area (Å²) >= 11 is 0. The third-order valence-electron chi connectivity index (χ3n) is 5.28. The molecule has 4 nitrogen and oxygen atoms in total. The Morgan fingerprint density at radius 3 is 2.80 bits per heavy atom. The molecule has 4 heteroatoms. The lowest BCUT2D eigenvalue weighted by Crippen LogP contribution is -2.39. The van der Waals surface area contributed by atoms with Gasteiger partial charge in [0.05, 0.1) is 23.1 Å². The first-order valence-electron chi connectivity index (χ1n) is 9.53. The minimum absolute atomic E-state index is 0.398. The Kier molecular flexibility index (Phi) is 6.16. The minimum Gasteiger partial charge on any atom is -0.330 e. The normalized spacial score (nSPS) is 21.4. The van der Waals surface area contributed by atoms with E-state index in [0.29, 0.717) is 12.0 Å². The number of nitrogens with zero attached hydrogens (tertiary/aromatic N) is 3. The summed E-state index contributed by atoms with van der Waals surface area (Å²) in [6.07, 6.45) is 6.64. The molecule has 2 aromatic heterocycles. The maximum absolute atomic E-state index is 5.69. The van der Waals surface area contributed by atoms with Gasteiger partial charge in [-0.05, 0) is 81.9 Å². The van der Waals surface area contributed by atoms with E-state index in [4.69, 9.17) is 10.7 Å². The van der Waals surface area contributed by atoms with Crippen molar-refractivity contribution in [2.75, 3.05) is 19.6 Å². The molecule has 2 atom stereocenters. The molecule has 1 fully saturated rings. The number of hydrogen-bond acceptors (Lipinski definition) is 4. The van der Waals surface area contributed by atoms with Crippen molar-refractivity contribution in [2.24, 2.45) is 11.7 Å². The van der Waals surface area contributed by atoms with E-state index in [9.17, 15) is 0 Å². The van der Waals surface area contributed by atoms with Crippen LogP contribution in [-0.4, -0.2) is 34.5 Å². The zero-order valence-electron chi connectivity index (χ0n) is 15.5. The smallest absolute Gasteiger partial charge is 0.0890 e. The summed E-state index contributed by atoms with van der Waals surface area (Å²) in [5, 5.41) is 0. The molecule has 2 N–H and O–H groups in total. The predicted molar refractivity (Wildman–Crippen MR) is 103 cm³/mol. The van der Waals surface area contributed by atoms with E-state index in [0.717, 1.165) is 37.4 Å². The number of unbranched alkanes of at least 4 members (excludes halogenated alkanes) is 1. The molecule has 0 amide bonds. The second kappa shape index (κ2) is 8.54. The zero-order valence-corrected chi connectivity index (χ0v) is 15.5. The molecule has 0 spiro atoms. The summed E-state index contributed by atoms with van der Waals surface area (Å²) in [5.41, 5.74) is 10.1. The van der Waals surface area contributed by atoms with Crippen molar-refractivity contribution in [1.29, 1.82) is 0 Å². The fourth-order valence-corrected chi connectivity index (χ4v) is 3.93. The molecular weight excluding hydrogens is 308 g/mol. The van der Waals surface area contributed by atoms with Crippen LogP contribution in [-0.2, 0) is 0 Å². The number of rotatable bonds is 6. The number of nitrogens with two attached hydrogens (primary N) is 1. The highest BCUT2D eigenvalue weighted by Crippen LogP contribution is 2.37. The third kappa shape index (κ3) is 4.25. The summed E-state index contributed by atoms with van der Waals surface area (Å²) in [5.74, 6) is 0.622. The van der Waals surface area contributed by atoms with Crippen LogP contribution < -0.4 is 5.73 Å². The topological polar surface area (TPSA) is 55.0 Å². The number of piperidine rings is 1. The molecule has 0 aromatic carbocycles. The standard InChI is InChI=1S/C21H30N4/c1-16-10-11-19(18-9-3-5-13-23-18)24-20(16)21-17(2)8-7-15-25(21)14-6-4-12-22/h3,5,9-11,13,17,21H,4,6-8,12,14-15,22H2,1-2H3/t17-,21+/m0/s1. The van der Waals surface area contributed by atoms with Gasteiger partial charge in [0.15, 0.2) is 0 Å². The van der Waals surface area contributed by atoms with Crippen molar-refractivity contribution in [1.82, 2.24) is 14.9 Å². The van der Waals surface area contributed by atoms with Crippen molar-refractivity contribution in [3.63, 3.8) is 0 Å². The van der Waals surface area contributed by atoms with Crippen LogP contribution in [0.25, 0.3) is 11.4 Å². The minimum atomic E-state index is 0.398. The fourth-order valence-electron chi connectivity index (χ4n) is 3.93. The monoisotopic (exact) mass is 338 g/mol. The third-order valence-corrected chi connectivity index (χ3v) is 5.28. The summed E-state index contributed by atoms with van der Waals surface area (Å²) in [6, 6.07) is 10.7. The summed E-state index contributed by atoms with van der Waals surface area (Å²) in [4.78, 5) is 12.2. The highest BCUT2D eigenvalue weighted by atomic mass is 15.2. The Morgan fingerprint density at radius 2 is 2.04 bits per heavy atom. The van der Waals surface area contributed by atoms with Gasteiger partial charge >= 0.3 is 0 Å². The fraction of sp³-hybridized carbons (Fsp3) is 0.524. The zero-order chi connectivity index (χ0) is 17.6. The maximum Gasteiger partial charge on any atom is 0.0890 e. The second-order valence-electron chi connectivity index (χ2n) is 7.21. The molecule has 1 aliphatic heterocycles. The first-order valence-corrected chi connectivity index (χ1v) is 9.53. The van der Waals surface area contributed by atoms with E-state index < -0.39 is 0 Å². The van der Waals surface area contributed by atoms with E-state index >= 15 is 0 Å². The van der Waals surface area contributed by atoms with E-state index in [1.807, 2.05) is 24.4 Å². The number of hydrogen-bond donors (Lipinski definition) is 1. The first-order chi connectivity index (χ1) is 12.2. The Hall–Kier alpha value is -1.78. The molecule has 25 heavy (non-hydrogen) atoms. The van der Waals surface area contributed by atoms with E-state index in [2.05, 4.69) is 35.9 Å². The van der Waals surface area contributed by atoms with Gasteiger partial charge in [0.1, 0.15) is 0 Å². The molecule has 0 saturated carbocycles. The summed E-state index contributed by atoms with van der Waals surface area (Å²) < 4.78 is 0. The average Bonchev–Trinajstić information content (AvgIpc) is 2.64. The van der Waals surface area contributed by atoms with E-state index in [1.54, 1.807) is 0 Å². The first kappa shape index (κ1) is 18.0. The molecule has 0 radical (unpaired) electrons. The van der Waals surface area contributed by atoms with Crippen molar-refractivity contribution in [2.45, 2.75) is 45.6 Å². The van der Waals surface area contributed by atoms with E-state index in [-0.39, 0.29) is 0 Å². The van der Waals surface area contributed by atoms with Gasteiger partial charge in [0.2, 0.25) is 0 Å². The summed E-state index contributed by atoms with van der Waals surface area (Å²) in [7, 11) is 0. The molecule has 3 rings (SSSR count). The lowest BCUT2D eigenvalue weighted by molar-refractivity contribution is 0.0958. The highest BCUT2D eigenvalue weighted by molar-refractivity contribution is 5.54. The van der Waals surface area contributed by atoms with Gasteiger partial charge in [-0.3, -0.25) is 9.88 Å². The van der Waals surface area contributed by atoms with Gasteiger partial charge in [0, 0.05) is 6.20 Å². The van der Waals surface area contributed by atoms with Crippen molar-refractivity contribution in [3.8, 4) is 11.4 Å². The molecular formula is C21H30N4. The van der Waals surface area contributed by atoms with E-state index in [1.165, 1.54) is 30.5 Å². The molecule has 134 valence electrons. The molecule has 1 saturated heterocycles. The van der Waals surface area contributed by atoms with Gasteiger partial charge in [-0.15, -0.1) is 0 Å². The van der Waals surface area contributed by atoms with Crippen molar-refractivity contribution < 1.29 is 0 Å². The maximum atomic E-state index is 5.69. The van der Waals surface area contributed by atoms with Gasteiger partial charge in [-0.2, -0.15) is 0 Å². The number of aryl methyl sites for hydroxylation is 1. The number of pyridine rings is 2. The largest absolute Gasteiger partial charge is 0.330 e. The number of likely N-dealkylation sites (tertiary alicyclic amines) is 1. The Labute approximate surface area is 151 Å². The SMILES string of the molecule is Cc1ccc(-c2ccccn2)nc1[C@H]1[C@@H](C)CCCN1CCCCN. The van der Waals surface area contributed by atoms with Crippen LogP contribution >= 0.6 is 0 Å². The van der Waals surface area contributed by atoms with Gasteiger partial charge in [0.25, 0.3) is 0 Å². The van der Waals surface area contributed by atoms with Crippen LogP contribution in [0.1, 0.15) is 49.9 Å². The quantitative estimate of drug-likeness (QED) is 0.810. The van der Waals surface area contributed by atoms with Crippen LogP contribution in [0.2, 0.25) is 0 Å². The van der Waals surface area contributed by atoms with Crippen LogP contribution in [0, 0.1) is 12.8 Å². The molecule has 2 aromatic rings. The van der Waals surface area contributed by atoms with Crippen LogP contribution in [0.3, 0.4) is 0 Å². The highest BCUT2D eigenvalue weighted by Gasteiger charge is 2.31. The molecule has 1 aliphatic rings.